The van der Waals surface area contributed by atoms with Gasteiger partial charge in [0.15, 0.2) is 11.6 Å². The van der Waals surface area contributed by atoms with E-state index in [0.717, 1.165) is 45.3 Å². The van der Waals surface area contributed by atoms with E-state index < -0.39 is 11.6 Å². The van der Waals surface area contributed by atoms with Crippen molar-refractivity contribution in [1.29, 1.82) is 0 Å². The van der Waals surface area contributed by atoms with E-state index in [1.807, 2.05) is 30.2 Å². The summed E-state index contributed by atoms with van der Waals surface area (Å²) in [7, 11) is 0. The number of pyridine rings is 1. The second-order valence-corrected chi connectivity index (χ2v) is 11.5. The van der Waals surface area contributed by atoms with Crippen LogP contribution in [0.4, 0.5) is 20.5 Å². The minimum atomic E-state index is -0.681. The molecule has 0 aliphatic carbocycles. The van der Waals surface area contributed by atoms with E-state index in [4.69, 9.17) is 4.74 Å². The maximum atomic E-state index is 15.0. The summed E-state index contributed by atoms with van der Waals surface area (Å²) in [6, 6.07) is 6.88. The number of ether oxygens (including phenoxy) is 1. The first-order valence-corrected chi connectivity index (χ1v) is 14.8. The van der Waals surface area contributed by atoms with Gasteiger partial charge in [-0.05, 0) is 64.8 Å². The molecular formula is C31H36F2N8O2. The Bertz CT molecular complexity index is 1660. The van der Waals surface area contributed by atoms with Crippen LogP contribution in [0, 0.1) is 25.5 Å². The molecule has 0 spiro atoms. The smallest absolute Gasteiger partial charge is 0.255 e. The lowest BCUT2D eigenvalue weighted by Gasteiger charge is -2.40. The lowest BCUT2D eigenvalue weighted by atomic mass is 10.0. The summed E-state index contributed by atoms with van der Waals surface area (Å²) in [4.78, 5) is 35.0. The number of likely N-dealkylation sites (tertiary alicyclic amines) is 1. The summed E-state index contributed by atoms with van der Waals surface area (Å²) in [5.41, 5.74) is 2.14. The predicted molar refractivity (Wildman–Crippen MR) is 159 cm³/mol. The molecule has 2 saturated heterocycles. The maximum absolute atomic E-state index is 15.0. The molecule has 0 unspecified atom stereocenters. The zero-order valence-electron chi connectivity index (χ0n) is 24.9. The number of halogens is 2. The Hall–Kier alpha value is -4.03. The van der Waals surface area contributed by atoms with Crippen molar-refractivity contribution < 1.29 is 18.3 Å². The van der Waals surface area contributed by atoms with Crippen LogP contribution >= 0.6 is 0 Å². The third kappa shape index (κ3) is 5.81. The minimum Gasteiger partial charge on any atom is -0.379 e. The first-order chi connectivity index (χ1) is 20.7. The highest BCUT2D eigenvalue weighted by molar-refractivity contribution is 5.95. The predicted octanol–water partition coefficient (Wildman–Crippen LogP) is 5.04. The van der Waals surface area contributed by atoms with Gasteiger partial charge in [-0.1, -0.05) is 0 Å². The van der Waals surface area contributed by atoms with Crippen LogP contribution in [-0.4, -0.2) is 85.6 Å². The Morgan fingerprint density at radius 2 is 1.74 bits per heavy atom. The quantitative estimate of drug-likeness (QED) is 0.333. The third-order valence-corrected chi connectivity index (χ3v) is 8.33. The topological polar surface area (TPSA) is 101 Å². The lowest BCUT2D eigenvalue weighted by Crippen LogP contribution is -2.50. The first-order valence-electron chi connectivity index (χ1n) is 14.8. The Morgan fingerprint density at radius 3 is 2.44 bits per heavy atom. The summed E-state index contributed by atoms with van der Waals surface area (Å²) in [5, 5.41) is 3.00. The summed E-state index contributed by atoms with van der Waals surface area (Å²) in [6.07, 6.45) is 2.93. The summed E-state index contributed by atoms with van der Waals surface area (Å²) < 4.78 is 37.4. The zero-order valence-corrected chi connectivity index (χ0v) is 24.9. The van der Waals surface area contributed by atoms with Gasteiger partial charge in [-0.15, -0.1) is 0 Å². The number of fused-ring (bicyclic) bond motifs is 1. The monoisotopic (exact) mass is 590 g/mol. The van der Waals surface area contributed by atoms with Crippen molar-refractivity contribution in [3.05, 3.63) is 59.2 Å². The standard InChI is InChI=1S/C31H36F2N8O2/c1-18(2)41-20(4)36-29-24(32)15-21(16-26(29)41)28-25(33)17-34-31(38-28)37-27-6-5-23(19(3)35-27)30(42)40-9-7-22(8-10-40)39-11-13-43-14-12-39/h5-6,15-18,22H,7-14H2,1-4H3,(H,34,35,37,38). The highest BCUT2D eigenvalue weighted by atomic mass is 19.1. The molecule has 4 aromatic rings. The number of aryl methyl sites for hydroxylation is 2. The number of piperidine rings is 1. The number of benzene rings is 1. The molecule has 1 aromatic carbocycles. The van der Waals surface area contributed by atoms with Crippen LogP contribution in [0.1, 0.15) is 54.6 Å². The van der Waals surface area contributed by atoms with E-state index in [1.165, 1.54) is 6.07 Å². The van der Waals surface area contributed by atoms with Crippen molar-refractivity contribution in [2.24, 2.45) is 0 Å². The number of morpholine rings is 1. The van der Waals surface area contributed by atoms with E-state index in [0.29, 0.717) is 47.5 Å². The molecule has 2 aliphatic rings. The molecule has 0 atom stereocenters. The van der Waals surface area contributed by atoms with E-state index >= 15 is 4.39 Å². The minimum absolute atomic E-state index is 0.0365. The van der Waals surface area contributed by atoms with Gasteiger partial charge in [0, 0.05) is 43.8 Å². The highest BCUT2D eigenvalue weighted by Gasteiger charge is 2.29. The number of aromatic nitrogens is 5. The van der Waals surface area contributed by atoms with Crippen molar-refractivity contribution >= 4 is 28.7 Å². The van der Waals surface area contributed by atoms with Crippen LogP contribution in [0.5, 0.6) is 0 Å². The third-order valence-electron chi connectivity index (χ3n) is 8.33. The van der Waals surface area contributed by atoms with E-state index in [2.05, 4.69) is 30.2 Å². The molecular weight excluding hydrogens is 554 g/mol. The fourth-order valence-corrected chi connectivity index (χ4v) is 6.21. The van der Waals surface area contributed by atoms with Crippen molar-refractivity contribution in [1.82, 2.24) is 34.3 Å². The average molecular weight is 591 g/mol. The molecule has 10 nitrogen and oxygen atoms in total. The molecule has 0 saturated carbocycles. The van der Waals surface area contributed by atoms with Gasteiger partial charge < -0.3 is 19.5 Å². The van der Waals surface area contributed by atoms with Gasteiger partial charge in [0.1, 0.15) is 22.9 Å². The van der Waals surface area contributed by atoms with Gasteiger partial charge in [-0.3, -0.25) is 9.69 Å². The van der Waals surface area contributed by atoms with Crippen LogP contribution in [0.3, 0.4) is 0 Å². The Morgan fingerprint density at radius 1 is 1.00 bits per heavy atom. The average Bonchev–Trinajstić information content (AvgIpc) is 3.35. The van der Waals surface area contributed by atoms with Crippen LogP contribution in [0.15, 0.2) is 30.5 Å². The van der Waals surface area contributed by atoms with Crippen LogP contribution in [0.2, 0.25) is 0 Å². The molecule has 43 heavy (non-hydrogen) atoms. The molecule has 5 heterocycles. The first kappa shape index (κ1) is 29.1. The molecule has 3 aromatic heterocycles. The molecule has 0 bridgehead atoms. The van der Waals surface area contributed by atoms with E-state index in [9.17, 15) is 9.18 Å². The molecule has 1 amide bonds. The molecule has 12 heteroatoms. The number of anilines is 2. The SMILES string of the molecule is Cc1nc(Nc2ncc(F)c(-c3cc(F)c4nc(C)n(C(C)C)c4c3)n2)ccc1C(=O)N1CCC(N2CCOCC2)CC1. The number of rotatable bonds is 6. The fourth-order valence-electron chi connectivity index (χ4n) is 6.21. The molecule has 6 rings (SSSR count). The molecule has 0 radical (unpaired) electrons. The number of nitrogens with zero attached hydrogens (tertiary/aromatic N) is 7. The highest BCUT2D eigenvalue weighted by Crippen LogP contribution is 2.30. The normalized spacial score (nSPS) is 16.8. The van der Waals surface area contributed by atoms with Crippen LogP contribution in [-0.2, 0) is 4.74 Å². The number of hydrogen-bond donors (Lipinski definition) is 1. The van der Waals surface area contributed by atoms with Gasteiger partial charge in [-0.25, -0.2) is 28.7 Å². The maximum Gasteiger partial charge on any atom is 0.255 e. The fraction of sp³-hybridized carbons (Fsp3) is 0.452. The van der Waals surface area contributed by atoms with Gasteiger partial charge in [-0.2, -0.15) is 0 Å². The summed E-state index contributed by atoms with van der Waals surface area (Å²) >= 11 is 0. The van der Waals surface area contributed by atoms with Crippen LogP contribution < -0.4 is 5.32 Å². The zero-order chi connectivity index (χ0) is 30.2. The van der Waals surface area contributed by atoms with Gasteiger partial charge in [0.2, 0.25) is 5.95 Å². The number of amides is 1. The van der Waals surface area contributed by atoms with Crippen molar-refractivity contribution in [2.75, 3.05) is 44.7 Å². The molecule has 226 valence electrons. The second-order valence-electron chi connectivity index (χ2n) is 11.5. The van der Waals surface area contributed by atoms with Crippen molar-refractivity contribution in [3.8, 4) is 11.3 Å². The summed E-state index contributed by atoms with van der Waals surface area (Å²) in [5.74, 6) is -0.0862. The van der Waals surface area contributed by atoms with Gasteiger partial charge in [0.25, 0.3) is 5.91 Å². The Balaban J connectivity index is 1.18. The number of carbonyl (C=O) groups excluding carboxylic acids is 1. The van der Waals surface area contributed by atoms with Crippen molar-refractivity contribution in [2.45, 2.75) is 52.6 Å². The van der Waals surface area contributed by atoms with Gasteiger partial charge >= 0.3 is 0 Å². The van der Waals surface area contributed by atoms with E-state index in [-0.39, 0.29) is 34.7 Å². The Labute approximate surface area is 249 Å². The number of nitrogens with one attached hydrogen (secondary N) is 1. The van der Waals surface area contributed by atoms with E-state index in [1.54, 1.807) is 25.1 Å². The molecule has 1 N–H and O–H groups in total. The molecule has 2 fully saturated rings. The lowest BCUT2D eigenvalue weighted by molar-refractivity contribution is 0.00157. The number of carbonyl (C=O) groups is 1. The van der Waals surface area contributed by atoms with Crippen molar-refractivity contribution in [3.63, 3.8) is 0 Å². The largest absolute Gasteiger partial charge is 0.379 e. The van der Waals surface area contributed by atoms with Crippen LogP contribution in [0.25, 0.3) is 22.3 Å². The number of hydrogen-bond acceptors (Lipinski definition) is 8. The molecule has 2 aliphatic heterocycles. The summed E-state index contributed by atoms with van der Waals surface area (Å²) in [6.45, 7) is 12.4. The Kier molecular flexibility index (Phi) is 8.06. The van der Waals surface area contributed by atoms with Gasteiger partial charge in [0.05, 0.1) is 36.2 Å². The second kappa shape index (κ2) is 11.9. The number of imidazole rings is 1.